The average Bonchev–Trinajstić information content (AvgIpc) is 2.63. The first-order valence-corrected chi connectivity index (χ1v) is 9.33. The second-order valence-corrected chi connectivity index (χ2v) is 7.47. The molecule has 2 heteroatoms. The molecule has 0 saturated carbocycles. The summed E-state index contributed by atoms with van der Waals surface area (Å²) in [6.07, 6.45) is 4.01. The molecule has 1 aromatic carbocycles. The van der Waals surface area contributed by atoms with Crippen LogP contribution in [0.3, 0.4) is 0 Å². The number of benzene rings is 1. The molecule has 0 aliphatic rings. The molecule has 2 nitrogen and oxygen atoms in total. The predicted octanol–water partition coefficient (Wildman–Crippen LogP) is 6.01. The summed E-state index contributed by atoms with van der Waals surface area (Å²) < 4.78 is 0. The molecule has 2 aromatic heterocycles. The highest BCUT2D eigenvalue weighted by Gasteiger charge is 2.17. The second-order valence-electron chi connectivity index (χ2n) is 7.47. The Morgan fingerprint density at radius 3 is 1.31 bits per heavy atom. The van der Waals surface area contributed by atoms with Gasteiger partial charge in [-0.25, -0.2) is 0 Å². The molecule has 0 fully saturated rings. The first kappa shape index (κ1) is 18.3. The summed E-state index contributed by atoms with van der Waals surface area (Å²) in [5, 5.41) is 0. The minimum atomic E-state index is 0.340. The highest BCUT2D eigenvalue weighted by molar-refractivity contribution is 5.46. The highest BCUT2D eigenvalue weighted by atomic mass is 14.7. The zero-order valence-electron chi connectivity index (χ0n) is 16.7. The van der Waals surface area contributed by atoms with E-state index in [1.165, 1.54) is 33.4 Å². The molecular formula is C24H28N2. The maximum Gasteiger partial charge on any atom is 0.0372 e. The molecule has 2 heterocycles. The van der Waals surface area contributed by atoms with Gasteiger partial charge in [0.15, 0.2) is 0 Å². The minimum absolute atomic E-state index is 0.340. The van der Waals surface area contributed by atoms with Gasteiger partial charge in [0.2, 0.25) is 0 Å². The zero-order chi connectivity index (χ0) is 18.8. The second kappa shape index (κ2) is 7.41. The molecule has 0 radical (unpaired) electrons. The van der Waals surface area contributed by atoms with Gasteiger partial charge in [0.25, 0.3) is 0 Å². The van der Waals surface area contributed by atoms with E-state index >= 15 is 0 Å². The van der Waals surface area contributed by atoms with Gasteiger partial charge in [0.1, 0.15) is 0 Å². The molecule has 2 atom stereocenters. The fourth-order valence-electron chi connectivity index (χ4n) is 3.62. The smallest absolute Gasteiger partial charge is 0.0372 e. The Balaban J connectivity index is 1.95. The summed E-state index contributed by atoms with van der Waals surface area (Å²) in [6.45, 7) is 13.0. The van der Waals surface area contributed by atoms with E-state index in [1.54, 1.807) is 0 Å². The van der Waals surface area contributed by atoms with Gasteiger partial charge in [0, 0.05) is 35.6 Å². The monoisotopic (exact) mass is 344 g/mol. The third-order valence-corrected chi connectivity index (χ3v) is 5.46. The lowest BCUT2D eigenvalue weighted by atomic mass is 9.84. The van der Waals surface area contributed by atoms with Crippen LogP contribution in [0.2, 0.25) is 0 Å². The first-order valence-electron chi connectivity index (χ1n) is 9.33. The summed E-state index contributed by atoms with van der Waals surface area (Å²) in [7, 11) is 0. The van der Waals surface area contributed by atoms with Gasteiger partial charge in [-0.3, -0.25) is 9.97 Å². The lowest BCUT2D eigenvalue weighted by molar-refractivity contribution is 0.866. The van der Waals surface area contributed by atoms with E-state index in [4.69, 9.17) is 0 Å². The molecule has 0 unspecified atom stereocenters. The van der Waals surface area contributed by atoms with Crippen LogP contribution in [0, 0.1) is 27.7 Å². The van der Waals surface area contributed by atoms with Crippen LogP contribution in [-0.4, -0.2) is 9.97 Å². The van der Waals surface area contributed by atoms with E-state index in [2.05, 4.69) is 74.1 Å². The van der Waals surface area contributed by atoms with E-state index < -0.39 is 0 Å². The Bertz CT molecular complexity index is 815. The number of nitrogens with zero attached hydrogens (tertiary/aromatic N) is 2. The number of hydrogen-bond acceptors (Lipinski definition) is 2. The summed E-state index contributed by atoms with van der Waals surface area (Å²) in [5.41, 5.74) is 10.1. The van der Waals surface area contributed by atoms with Crippen LogP contribution in [0.5, 0.6) is 0 Å². The molecule has 26 heavy (non-hydrogen) atoms. The Morgan fingerprint density at radius 1 is 0.615 bits per heavy atom. The first-order chi connectivity index (χ1) is 12.4. The minimum Gasteiger partial charge on any atom is -0.261 e. The van der Waals surface area contributed by atoms with Gasteiger partial charge in [-0.15, -0.1) is 0 Å². The molecule has 0 saturated heterocycles. The molecule has 134 valence electrons. The number of pyridine rings is 2. The predicted molar refractivity (Wildman–Crippen MR) is 109 cm³/mol. The lowest BCUT2D eigenvalue weighted by Gasteiger charge is -2.21. The zero-order valence-corrected chi connectivity index (χ0v) is 16.7. The maximum atomic E-state index is 4.46. The van der Waals surface area contributed by atoms with Crippen molar-refractivity contribution in [3.05, 3.63) is 93.6 Å². The fraction of sp³-hybridized carbons (Fsp3) is 0.333. The largest absolute Gasteiger partial charge is 0.261 e. The lowest BCUT2D eigenvalue weighted by Crippen LogP contribution is -2.05. The SMILES string of the molecule is Cc1ccc([C@H](C)c2cc(C)c([C@@H](C)c3ccc(C)nc3)cc2C)cn1. The molecule has 3 aromatic rings. The van der Waals surface area contributed by atoms with Gasteiger partial charge in [0.05, 0.1) is 0 Å². The Labute approximate surface area is 157 Å². The molecular weight excluding hydrogens is 316 g/mol. The normalized spacial score (nSPS) is 13.5. The van der Waals surface area contributed by atoms with Crippen molar-refractivity contribution in [3.63, 3.8) is 0 Å². The maximum absolute atomic E-state index is 4.46. The van der Waals surface area contributed by atoms with Crippen LogP contribution < -0.4 is 0 Å². The third-order valence-electron chi connectivity index (χ3n) is 5.46. The van der Waals surface area contributed by atoms with E-state index in [0.717, 1.165) is 11.4 Å². The van der Waals surface area contributed by atoms with Gasteiger partial charge in [-0.2, -0.15) is 0 Å². The van der Waals surface area contributed by atoms with Crippen molar-refractivity contribution in [3.8, 4) is 0 Å². The number of aryl methyl sites for hydroxylation is 4. The summed E-state index contributed by atoms with van der Waals surface area (Å²) in [4.78, 5) is 8.93. The average molecular weight is 345 g/mol. The molecule has 0 N–H and O–H groups in total. The molecule has 0 bridgehead atoms. The van der Waals surface area contributed by atoms with Crippen molar-refractivity contribution in [2.45, 2.75) is 53.4 Å². The topological polar surface area (TPSA) is 25.8 Å². The highest BCUT2D eigenvalue weighted by Crippen LogP contribution is 2.33. The van der Waals surface area contributed by atoms with E-state index in [0.29, 0.717) is 11.8 Å². The van der Waals surface area contributed by atoms with Crippen molar-refractivity contribution in [1.29, 1.82) is 0 Å². The van der Waals surface area contributed by atoms with Crippen LogP contribution in [-0.2, 0) is 0 Å². The van der Waals surface area contributed by atoms with Crippen molar-refractivity contribution >= 4 is 0 Å². The van der Waals surface area contributed by atoms with Crippen molar-refractivity contribution in [2.24, 2.45) is 0 Å². The van der Waals surface area contributed by atoms with Crippen LogP contribution in [0.15, 0.2) is 48.8 Å². The Kier molecular flexibility index (Phi) is 5.22. The third kappa shape index (κ3) is 3.70. The standard InChI is InChI=1S/C24H28N2/c1-15-11-24(20(6)22-10-8-18(4)26-14-22)16(2)12-23(15)19(5)21-9-7-17(3)25-13-21/h7-14,19-20H,1-6H3/t19-,20-/m0/s1. The Morgan fingerprint density at radius 2 is 1.00 bits per heavy atom. The van der Waals surface area contributed by atoms with Gasteiger partial charge >= 0.3 is 0 Å². The van der Waals surface area contributed by atoms with E-state index in [1.807, 2.05) is 26.2 Å². The molecule has 3 rings (SSSR count). The summed E-state index contributed by atoms with van der Waals surface area (Å²) in [6, 6.07) is 13.3. The fourth-order valence-corrected chi connectivity index (χ4v) is 3.62. The summed E-state index contributed by atoms with van der Waals surface area (Å²) >= 11 is 0. The van der Waals surface area contributed by atoms with Gasteiger partial charge in [-0.1, -0.05) is 38.1 Å². The number of aromatic nitrogens is 2. The van der Waals surface area contributed by atoms with Crippen molar-refractivity contribution in [2.75, 3.05) is 0 Å². The number of hydrogen-bond donors (Lipinski definition) is 0. The molecule has 0 aliphatic heterocycles. The van der Waals surface area contributed by atoms with E-state index in [-0.39, 0.29) is 0 Å². The summed E-state index contributed by atoms with van der Waals surface area (Å²) in [5.74, 6) is 0.680. The van der Waals surface area contributed by atoms with Crippen LogP contribution in [0.1, 0.15) is 70.5 Å². The quantitative estimate of drug-likeness (QED) is 0.579. The van der Waals surface area contributed by atoms with E-state index in [9.17, 15) is 0 Å². The van der Waals surface area contributed by atoms with Crippen molar-refractivity contribution < 1.29 is 0 Å². The molecule has 0 aliphatic carbocycles. The van der Waals surface area contributed by atoms with Gasteiger partial charge < -0.3 is 0 Å². The van der Waals surface area contributed by atoms with Crippen LogP contribution in [0.4, 0.5) is 0 Å². The number of rotatable bonds is 4. The van der Waals surface area contributed by atoms with Crippen LogP contribution in [0.25, 0.3) is 0 Å². The molecule has 0 spiro atoms. The van der Waals surface area contributed by atoms with Crippen molar-refractivity contribution in [1.82, 2.24) is 9.97 Å². The van der Waals surface area contributed by atoms with Crippen LogP contribution >= 0.6 is 0 Å². The Hall–Kier alpha value is -2.48. The van der Waals surface area contributed by atoms with Gasteiger partial charge in [-0.05, 0) is 73.2 Å². The molecule has 0 amide bonds.